The van der Waals surface area contributed by atoms with Crippen LogP contribution in [-0.2, 0) is 4.79 Å². The minimum Gasteiger partial charge on any atom is -0.497 e. The number of carbonyl (C=O) groups is 1. The number of methoxy groups -OCH3 is 2. The van der Waals surface area contributed by atoms with Crippen molar-refractivity contribution < 1.29 is 14.3 Å². The first kappa shape index (κ1) is 22.9. The molecule has 0 saturated carbocycles. The van der Waals surface area contributed by atoms with Gasteiger partial charge in [0.1, 0.15) is 16.2 Å². The molecule has 1 amide bonds. The van der Waals surface area contributed by atoms with Crippen molar-refractivity contribution in [1.82, 2.24) is 9.55 Å². The first-order chi connectivity index (χ1) is 15.9. The predicted octanol–water partition coefficient (Wildman–Crippen LogP) is 4.81. The van der Waals surface area contributed by atoms with E-state index < -0.39 is 0 Å². The van der Waals surface area contributed by atoms with E-state index in [9.17, 15) is 9.59 Å². The van der Waals surface area contributed by atoms with Crippen LogP contribution in [-0.4, -0.2) is 35.4 Å². The molecule has 1 N–H and O–H groups in total. The number of aromatic nitrogens is 2. The van der Waals surface area contributed by atoms with Crippen LogP contribution in [0.2, 0.25) is 0 Å². The molecular formula is C24H23N3O4S2. The molecule has 4 rings (SSSR count). The van der Waals surface area contributed by atoms with Crippen LogP contribution in [0.5, 0.6) is 11.5 Å². The van der Waals surface area contributed by atoms with E-state index in [1.165, 1.54) is 30.2 Å². The molecular weight excluding hydrogens is 458 g/mol. The molecule has 0 aliphatic rings. The van der Waals surface area contributed by atoms with E-state index in [1.54, 1.807) is 29.9 Å². The second-order valence-electron chi connectivity index (χ2n) is 7.36. The van der Waals surface area contributed by atoms with Gasteiger partial charge in [0.25, 0.3) is 5.56 Å². The molecule has 4 aromatic rings. The Bertz CT molecular complexity index is 1390. The molecule has 9 heteroatoms. The first-order valence-electron chi connectivity index (χ1n) is 10.1. The highest BCUT2D eigenvalue weighted by Crippen LogP contribution is 2.30. The van der Waals surface area contributed by atoms with Crippen LogP contribution in [0.15, 0.2) is 57.8 Å². The van der Waals surface area contributed by atoms with Crippen molar-refractivity contribution in [3.05, 3.63) is 69.3 Å². The third kappa shape index (κ3) is 4.74. The van der Waals surface area contributed by atoms with Crippen LogP contribution in [0.25, 0.3) is 15.9 Å². The summed E-state index contributed by atoms with van der Waals surface area (Å²) in [6.07, 6.45) is 0. The van der Waals surface area contributed by atoms with E-state index in [0.717, 1.165) is 16.8 Å². The summed E-state index contributed by atoms with van der Waals surface area (Å²) >= 11 is 2.58. The van der Waals surface area contributed by atoms with Gasteiger partial charge in [0.15, 0.2) is 5.16 Å². The smallest absolute Gasteiger partial charge is 0.276 e. The summed E-state index contributed by atoms with van der Waals surface area (Å²) in [4.78, 5) is 30.8. The number of aryl methyl sites for hydroxylation is 2. The van der Waals surface area contributed by atoms with E-state index >= 15 is 0 Å². The molecule has 2 heterocycles. The summed E-state index contributed by atoms with van der Waals surface area (Å²) < 4.78 is 12.8. The van der Waals surface area contributed by atoms with Gasteiger partial charge in [-0.15, -0.1) is 11.3 Å². The Kier molecular flexibility index (Phi) is 6.71. The second kappa shape index (κ2) is 9.68. The van der Waals surface area contributed by atoms with Crippen molar-refractivity contribution in [2.45, 2.75) is 19.0 Å². The number of fused-ring (bicyclic) bond motifs is 1. The van der Waals surface area contributed by atoms with E-state index in [-0.39, 0.29) is 17.2 Å². The van der Waals surface area contributed by atoms with Crippen LogP contribution in [0, 0.1) is 13.8 Å². The third-order valence-electron chi connectivity index (χ3n) is 5.07. The second-order valence-corrected chi connectivity index (χ2v) is 9.22. The van der Waals surface area contributed by atoms with Crippen molar-refractivity contribution in [2.24, 2.45) is 0 Å². The Balaban J connectivity index is 1.66. The van der Waals surface area contributed by atoms with E-state index in [1.807, 2.05) is 43.5 Å². The van der Waals surface area contributed by atoms with Gasteiger partial charge >= 0.3 is 0 Å². The van der Waals surface area contributed by atoms with Gasteiger partial charge in [0, 0.05) is 6.07 Å². The zero-order valence-corrected chi connectivity index (χ0v) is 20.3. The largest absolute Gasteiger partial charge is 0.497 e. The summed E-state index contributed by atoms with van der Waals surface area (Å²) in [5.74, 6) is 0.943. The number of benzene rings is 2. The molecule has 0 bridgehead atoms. The molecule has 0 spiro atoms. The van der Waals surface area contributed by atoms with Crippen molar-refractivity contribution in [3.63, 3.8) is 0 Å². The van der Waals surface area contributed by atoms with Gasteiger partial charge in [-0.1, -0.05) is 23.9 Å². The Hall–Kier alpha value is -3.30. The zero-order chi connectivity index (χ0) is 23.5. The fraction of sp³-hybridized carbons (Fsp3) is 0.208. The monoisotopic (exact) mass is 481 g/mol. The minimum absolute atomic E-state index is 0.0628. The highest BCUT2D eigenvalue weighted by molar-refractivity contribution is 7.99. The van der Waals surface area contributed by atoms with Crippen LogP contribution in [0.1, 0.15) is 11.1 Å². The van der Waals surface area contributed by atoms with Gasteiger partial charge < -0.3 is 14.8 Å². The average molecular weight is 482 g/mol. The Morgan fingerprint density at radius 2 is 1.94 bits per heavy atom. The molecule has 0 aliphatic heterocycles. The highest BCUT2D eigenvalue weighted by Gasteiger charge is 2.18. The fourth-order valence-electron chi connectivity index (χ4n) is 3.39. The highest BCUT2D eigenvalue weighted by atomic mass is 32.2. The predicted molar refractivity (Wildman–Crippen MR) is 134 cm³/mol. The van der Waals surface area contributed by atoms with Gasteiger partial charge in [-0.05, 0) is 54.6 Å². The van der Waals surface area contributed by atoms with Crippen molar-refractivity contribution in [2.75, 3.05) is 25.3 Å². The molecule has 0 aliphatic carbocycles. The number of carbonyl (C=O) groups excluding carboxylic acids is 1. The van der Waals surface area contributed by atoms with Crippen molar-refractivity contribution >= 4 is 44.9 Å². The van der Waals surface area contributed by atoms with Crippen LogP contribution < -0.4 is 20.3 Å². The number of thiophene rings is 1. The number of anilines is 1. The van der Waals surface area contributed by atoms with E-state index in [4.69, 9.17) is 14.5 Å². The van der Waals surface area contributed by atoms with Crippen LogP contribution in [0.4, 0.5) is 5.69 Å². The molecule has 7 nitrogen and oxygen atoms in total. The quantitative estimate of drug-likeness (QED) is 0.301. The minimum atomic E-state index is -0.251. The lowest BCUT2D eigenvalue weighted by Gasteiger charge is -2.15. The Labute approximate surface area is 199 Å². The van der Waals surface area contributed by atoms with Crippen LogP contribution in [0.3, 0.4) is 0 Å². The van der Waals surface area contributed by atoms with Crippen molar-refractivity contribution in [1.29, 1.82) is 0 Å². The number of rotatable bonds is 7. The number of nitrogens with one attached hydrogen (secondary N) is 1. The lowest BCUT2D eigenvalue weighted by Crippen LogP contribution is -2.23. The number of amides is 1. The molecule has 0 saturated heterocycles. The molecule has 0 atom stereocenters. The fourth-order valence-corrected chi connectivity index (χ4v) is 4.95. The van der Waals surface area contributed by atoms with Crippen LogP contribution >= 0.6 is 23.1 Å². The number of hydrogen-bond donors (Lipinski definition) is 1. The third-order valence-corrected chi connectivity index (χ3v) is 6.90. The lowest BCUT2D eigenvalue weighted by molar-refractivity contribution is -0.113. The maximum atomic E-state index is 13.4. The van der Waals surface area contributed by atoms with E-state index in [0.29, 0.717) is 32.6 Å². The summed E-state index contributed by atoms with van der Waals surface area (Å²) in [5.41, 5.74) is 3.75. The molecule has 0 fully saturated rings. The summed E-state index contributed by atoms with van der Waals surface area (Å²) in [6, 6.07) is 12.9. The molecule has 2 aromatic heterocycles. The topological polar surface area (TPSA) is 82.5 Å². The summed E-state index contributed by atoms with van der Waals surface area (Å²) in [6.45, 7) is 3.93. The maximum absolute atomic E-state index is 13.4. The number of nitrogens with zero attached hydrogens (tertiary/aromatic N) is 2. The van der Waals surface area contributed by atoms with Gasteiger partial charge in [0.2, 0.25) is 5.91 Å². The van der Waals surface area contributed by atoms with Gasteiger partial charge in [-0.25, -0.2) is 4.98 Å². The first-order valence-corrected chi connectivity index (χ1v) is 12.0. The SMILES string of the molecule is COc1ccc(OC)c(NC(=O)CSc2nc3ccsc3c(=O)n2-c2cc(C)ccc2C)c1. The Morgan fingerprint density at radius 1 is 1.12 bits per heavy atom. The van der Waals surface area contributed by atoms with E-state index in [2.05, 4.69) is 5.32 Å². The zero-order valence-electron chi connectivity index (χ0n) is 18.7. The molecule has 170 valence electrons. The normalized spacial score (nSPS) is 10.9. The average Bonchev–Trinajstić information content (AvgIpc) is 3.28. The lowest BCUT2D eigenvalue weighted by atomic mass is 10.1. The number of ether oxygens (including phenoxy) is 2. The van der Waals surface area contributed by atoms with Gasteiger partial charge in [0.05, 0.1) is 36.9 Å². The van der Waals surface area contributed by atoms with Gasteiger partial charge in [-0.2, -0.15) is 0 Å². The molecule has 33 heavy (non-hydrogen) atoms. The molecule has 0 radical (unpaired) electrons. The van der Waals surface area contributed by atoms with Gasteiger partial charge in [-0.3, -0.25) is 14.2 Å². The standard InChI is InChI=1S/C24H23N3O4S2/c1-14-5-6-15(2)19(11-14)27-23(29)22-17(9-10-32-22)26-24(27)33-13-21(28)25-18-12-16(30-3)7-8-20(18)31-4/h5-12H,13H2,1-4H3,(H,25,28). The summed E-state index contributed by atoms with van der Waals surface area (Å²) in [5, 5.41) is 5.17. The Morgan fingerprint density at radius 3 is 2.70 bits per heavy atom. The maximum Gasteiger partial charge on any atom is 0.276 e. The number of hydrogen-bond acceptors (Lipinski definition) is 7. The summed E-state index contributed by atoms with van der Waals surface area (Å²) in [7, 11) is 3.09. The molecule has 2 aromatic carbocycles. The van der Waals surface area contributed by atoms with Crippen molar-refractivity contribution in [3.8, 4) is 17.2 Å². The molecule has 0 unspecified atom stereocenters. The number of thioether (sulfide) groups is 1.